The van der Waals surface area contributed by atoms with Crippen LogP contribution in [0.5, 0.6) is 0 Å². The second-order valence-electron chi connectivity index (χ2n) is 4.74. The lowest BCUT2D eigenvalue weighted by molar-refractivity contribution is 0.0977. The summed E-state index contributed by atoms with van der Waals surface area (Å²) in [6.07, 6.45) is 3.17. The molecule has 9 heteroatoms. The van der Waals surface area contributed by atoms with E-state index in [1.54, 1.807) is 30.6 Å². The Balaban J connectivity index is 0.000000511. The first-order valence-corrected chi connectivity index (χ1v) is 8.25. The number of pyridine rings is 1. The molecule has 0 atom stereocenters. The number of aliphatic hydroxyl groups excluding tert-OH is 2. The number of carbonyl (C=O) groups is 1. The number of fused-ring (bicyclic) bond motifs is 1. The maximum absolute atomic E-state index is 11.5. The number of hydrogen-bond acceptors (Lipinski definition) is 6. The van der Waals surface area contributed by atoms with Gasteiger partial charge in [-0.1, -0.05) is 27.5 Å². The van der Waals surface area contributed by atoms with E-state index in [1.165, 1.54) is 0 Å². The lowest BCUT2D eigenvalue weighted by atomic mass is 10.2. The van der Waals surface area contributed by atoms with Gasteiger partial charge in [-0.3, -0.25) is 9.78 Å². The zero-order valence-electron chi connectivity index (χ0n) is 12.9. The number of primary amides is 1. The van der Waals surface area contributed by atoms with E-state index >= 15 is 0 Å². The summed E-state index contributed by atoms with van der Waals surface area (Å²) < 4.78 is 6.32. The van der Waals surface area contributed by atoms with Crippen LogP contribution in [0.25, 0.3) is 11.0 Å². The number of nitrogens with two attached hydrogens (primary N) is 1. The van der Waals surface area contributed by atoms with Crippen molar-refractivity contribution < 1.29 is 19.4 Å². The van der Waals surface area contributed by atoms with Crippen molar-refractivity contribution >= 4 is 55.8 Å². The number of hydrogen-bond donors (Lipinski definition) is 4. The molecular formula is C16H15BrClN3O4. The summed E-state index contributed by atoms with van der Waals surface area (Å²) >= 11 is 9.51. The van der Waals surface area contributed by atoms with Gasteiger partial charge in [-0.15, -0.1) is 0 Å². The SMILES string of the molecule is NC(=O)c1oc2ccncc2c1Nc1ccc(Br)cc1Cl.OCCO. The second-order valence-corrected chi connectivity index (χ2v) is 6.06. The van der Waals surface area contributed by atoms with Crippen LogP contribution in [-0.4, -0.2) is 34.3 Å². The number of anilines is 2. The lowest BCUT2D eigenvalue weighted by Gasteiger charge is -2.08. The van der Waals surface area contributed by atoms with Gasteiger partial charge in [0.1, 0.15) is 11.3 Å². The van der Waals surface area contributed by atoms with Crippen molar-refractivity contribution in [3.05, 3.63) is 51.9 Å². The number of aliphatic hydroxyl groups is 2. The van der Waals surface area contributed by atoms with Gasteiger partial charge in [-0.05, 0) is 24.3 Å². The van der Waals surface area contributed by atoms with Gasteiger partial charge in [-0.2, -0.15) is 0 Å². The smallest absolute Gasteiger partial charge is 0.286 e. The van der Waals surface area contributed by atoms with Crippen molar-refractivity contribution in [2.45, 2.75) is 0 Å². The molecule has 2 heterocycles. The lowest BCUT2D eigenvalue weighted by Crippen LogP contribution is -2.11. The molecule has 0 saturated carbocycles. The highest BCUT2D eigenvalue weighted by atomic mass is 79.9. The molecular weight excluding hydrogens is 414 g/mol. The van der Waals surface area contributed by atoms with Gasteiger partial charge in [0.15, 0.2) is 0 Å². The van der Waals surface area contributed by atoms with Crippen molar-refractivity contribution in [1.82, 2.24) is 4.98 Å². The fourth-order valence-corrected chi connectivity index (χ4v) is 2.69. The van der Waals surface area contributed by atoms with Crippen LogP contribution < -0.4 is 11.1 Å². The number of halogens is 2. The van der Waals surface area contributed by atoms with Crippen LogP contribution in [0.3, 0.4) is 0 Å². The molecule has 0 unspecified atom stereocenters. The summed E-state index contributed by atoms with van der Waals surface area (Å²) in [6, 6.07) is 7.02. The Bertz CT molecular complexity index is 883. The molecule has 1 aromatic carbocycles. The normalized spacial score (nSPS) is 10.2. The number of carbonyl (C=O) groups excluding carboxylic acids is 1. The molecule has 25 heavy (non-hydrogen) atoms. The molecule has 3 aromatic rings. The minimum atomic E-state index is -0.665. The van der Waals surface area contributed by atoms with E-state index in [0.717, 1.165) is 4.47 Å². The van der Waals surface area contributed by atoms with E-state index in [4.69, 9.17) is 32.0 Å². The molecule has 7 nitrogen and oxygen atoms in total. The van der Waals surface area contributed by atoms with E-state index < -0.39 is 5.91 Å². The highest BCUT2D eigenvalue weighted by molar-refractivity contribution is 9.10. The van der Waals surface area contributed by atoms with E-state index in [2.05, 4.69) is 26.2 Å². The van der Waals surface area contributed by atoms with Crippen LogP contribution in [0.15, 0.2) is 45.5 Å². The Labute approximate surface area is 156 Å². The van der Waals surface area contributed by atoms with Gasteiger partial charge in [0, 0.05) is 16.9 Å². The van der Waals surface area contributed by atoms with Gasteiger partial charge in [0.2, 0.25) is 5.76 Å². The summed E-state index contributed by atoms with van der Waals surface area (Å²) in [7, 11) is 0. The molecule has 0 saturated heterocycles. The first kappa shape index (κ1) is 19.2. The molecule has 2 aromatic heterocycles. The molecule has 3 rings (SSSR count). The van der Waals surface area contributed by atoms with Crippen molar-refractivity contribution in [2.75, 3.05) is 18.5 Å². The topological polar surface area (TPSA) is 122 Å². The predicted molar refractivity (Wildman–Crippen MR) is 99.1 cm³/mol. The van der Waals surface area contributed by atoms with Crippen molar-refractivity contribution in [1.29, 1.82) is 0 Å². The van der Waals surface area contributed by atoms with E-state index in [-0.39, 0.29) is 19.0 Å². The number of nitrogens with one attached hydrogen (secondary N) is 1. The zero-order valence-corrected chi connectivity index (χ0v) is 15.2. The first-order chi connectivity index (χ1) is 12.0. The number of rotatable bonds is 4. The summed E-state index contributed by atoms with van der Waals surface area (Å²) in [4.78, 5) is 15.6. The van der Waals surface area contributed by atoms with E-state index in [1.807, 2.05) is 6.07 Å². The minimum absolute atomic E-state index is 0.0389. The van der Waals surface area contributed by atoms with Crippen molar-refractivity contribution in [2.24, 2.45) is 5.73 Å². The molecule has 5 N–H and O–H groups in total. The molecule has 1 amide bonds. The van der Waals surface area contributed by atoms with Crippen LogP contribution >= 0.6 is 27.5 Å². The quantitative estimate of drug-likeness (QED) is 0.507. The standard InChI is InChI=1S/C14H9BrClN3O2.C2H6O2/c15-7-1-2-10(9(16)5-7)19-12-8-6-18-4-3-11(8)21-13(12)14(17)20;3-1-2-4/h1-6,19H,(H2,17,20);3-4H,1-2H2. The first-order valence-electron chi connectivity index (χ1n) is 7.08. The molecule has 0 aliphatic carbocycles. The Morgan fingerprint density at radius 3 is 2.64 bits per heavy atom. The van der Waals surface area contributed by atoms with Crippen molar-refractivity contribution in [3.63, 3.8) is 0 Å². The van der Waals surface area contributed by atoms with Crippen LogP contribution in [-0.2, 0) is 0 Å². The molecule has 132 valence electrons. The summed E-state index contributed by atoms with van der Waals surface area (Å²) in [5, 5.41) is 19.5. The maximum Gasteiger partial charge on any atom is 0.286 e. The second kappa shape index (κ2) is 8.82. The van der Waals surface area contributed by atoms with Crippen molar-refractivity contribution in [3.8, 4) is 0 Å². The van der Waals surface area contributed by atoms with E-state index in [0.29, 0.717) is 27.4 Å². The zero-order chi connectivity index (χ0) is 18.4. The number of amides is 1. The minimum Gasteiger partial charge on any atom is -0.448 e. The Morgan fingerprint density at radius 1 is 1.32 bits per heavy atom. The molecule has 0 radical (unpaired) electrons. The van der Waals surface area contributed by atoms with Gasteiger partial charge in [-0.25, -0.2) is 0 Å². The maximum atomic E-state index is 11.5. The number of furan rings is 1. The number of benzene rings is 1. The third kappa shape index (κ3) is 4.70. The van der Waals surface area contributed by atoms with Crippen LogP contribution in [0, 0.1) is 0 Å². The average Bonchev–Trinajstić information content (AvgIpc) is 2.96. The monoisotopic (exact) mass is 427 g/mol. The Morgan fingerprint density at radius 2 is 2.04 bits per heavy atom. The largest absolute Gasteiger partial charge is 0.448 e. The Kier molecular flexibility index (Phi) is 6.77. The van der Waals surface area contributed by atoms with Gasteiger partial charge in [0.05, 0.1) is 29.3 Å². The fourth-order valence-electron chi connectivity index (χ4n) is 1.96. The molecule has 0 bridgehead atoms. The van der Waals surface area contributed by atoms with Crippen LogP contribution in [0.2, 0.25) is 5.02 Å². The fraction of sp³-hybridized carbons (Fsp3) is 0.125. The predicted octanol–water partition coefficient (Wildman–Crippen LogP) is 3.06. The van der Waals surface area contributed by atoms with Gasteiger partial charge >= 0.3 is 0 Å². The van der Waals surface area contributed by atoms with E-state index in [9.17, 15) is 4.79 Å². The summed E-state index contributed by atoms with van der Waals surface area (Å²) in [5.41, 5.74) is 6.97. The Hall–Kier alpha value is -2.13. The third-order valence-electron chi connectivity index (χ3n) is 3.00. The highest BCUT2D eigenvalue weighted by Crippen LogP contribution is 2.35. The van der Waals surface area contributed by atoms with Gasteiger partial charge < -0.3 is 25.7 Å². The van der Waals surface area contributed by atoms with Gasteiger partial charge in [0.25, 0.3) is 5.91 Å². The van der Waals surface area contributed by atoms with Crippen LogP contribution in [0.1, 0.15) is 10.6 Å². The average molecular weight is 429 g/mol. The number of aromatic nitrogens is 1. The third-order valence-corrected chi connectivity index (χ3v) is 3.81. The summed E-state index contributed by atoms with van der Waals surface area (Å²) in [6.45, 7) is -0.250. The molecule has 0 fully saturated rings. The highest BCUT2D eigenvalue weighted by Gasteiger charge is 2.19. The van der Waals surface area contributed by atoms with Crippen LogP contribution in [0.4, 0.5) is 11.4 Å². The molecule has 0 aliphatic rings. The molecule has 0 spiro atoms. The summed E-state index contributed by atoms with van der Waals surface area (Å²) in [5.74, 6) is -0.626. The number of nitrogens with zero attached hydrogens (tertiary/aromatic N) is 1. The molecule has 0 aliphatic heterocycles.